The van der Waals surface area contributed by atoms with Crippen LogP contribution in [-0.4, -0.2) is 20.9 Å². The van der Waals surface area contributed by atoms with Gasteiger partial charge in [-0.3, -0.25) is 4.79 Å². The topological polar surface area (TPSA) is 67.8 Å². The highest BCUT2D eigenvalue weighted by atomic mass is 32.2. The summed E-state index contributed by atoms with van der Waals surface area (Å²) >= 11 is 2.99. The molecule has 1 aromatic carbocycles. The van der Waals surface area contributed by atoms with E-state index in [0.29, 0.717) is 5.69 Å². The van der Waals surface area contributed by atoms with Gasteiger partial charge in [-0.2, -0.15) is 0 Å². The second kappa shape index (κ2) is 8.11. The zero-order chi connectivity index (χ0) is 18.5. The molecule has 0 bridgehead atoms. The van der Waals surface area contributed by atoms with Crippen molar-refractivity contribution in [2.75, 3.05) is 5.32 Å². The number of thiazole rings is 1. The highest BCUT2D eigenvalue weighted by molar-refractivity contribution is 7.99. The second-order valence-electron chi connectivity index (χ2n) is 5.50. The Morgan fingerprint density at radius 1 is 1.00 bits per heavy atom. The van der Waals surface area contributed by atoms with Crippen LogP contribution in [0.4, 0.5) is 5.69 Å². The van der Waals surface area contributed by atoms with Crippen LogP contribution < -0.4 is 5.32 Å². The van der Waals surface area contributed by atoms with Crippen molar-refractivity contribution in [1.82, 2.24) is 15.0 Å². The molecular formula is C20H14N4OS2. The molecule has 27 heavy (non-hydrogen) atoms. The molecule has 4 rings (SSSR count). The molecule has 3 heterocycles. The first-order valence-corrected chi connectivity index (χ1v) is 9.79. The Bertz CT molecular complexity index is 1080. The molecule has 1 amide bonds. The van der Waals surface area contributed by atoms with Crippen LogP contribution in [-0.2, 0) is 4.79 Å². The van der Waals surface area contributed by atoms with E-state index < -0.39 is 0 Å². The van der Waals surface area contributed by atoms with E-state index >= 15 is 0 Å². The maximum absolute atomic E-state index is 12.2. The lowest BCUT2D eigenvalue weighted by molar-refractivity contribution is -0.111. The van der Waals surface area contributed by atoms with Gasteiger partial charge in [-0.25, -0.2) is 15.0 Å². The summed E-state index contributed by atoms with van der Waals surface area (Å²) in [5, 5.41) is 5.26. The lowest BCUT2D eigenvalue weighted by Crippen LogP contribution is -2.07. The first kappa shape index (κ1) is 17.4. The van der Waals surface area contributed by atoms with Gasteiger partial charge in [0.25, 0.3) is 0 Å². The fraction of sp³-hybridized carbons (Fsp3) is 0. The summed E-state index contributed by atoms with van der Waals surface area (Å²) in [4.78, 5) is 25.3. The van der Waals surface area contributed by atoms with Crippen LogP contribution in [0.5, 0.6) is 0 Å². The summed E-state index contributed by atoms with van der Waals surface area (Å²) in [6.07, 6.45) is 6.62. The molecule has 0 aliphatic heterocycles. The van der Waals surface area contributed by atoms with Gasteiger partial charge >= 0.3 is 0 Å². The predicted molar refractivity (Wildman–Crippen MR) is 110 cm³/mol. The van der Waals surface area contributed by atoms with Gasteiger partial charge in [0.2, 0.25) is 5.91 Å². The number of nitrogens with zero attached hydrogens (tertiary/aromatic N) is 3. The van der Waals surface area contributed by atoms with Crippen molar-refractivity contribution >= 4 is 51.0 Å². The third-order valence-corrected chi connectivity index (χ3v) is 5.42. The van der Waals surface area contributed by atoms with Crippen LogP contribution in [0.1, 0.15) is 5.01 Å². The fourth-order valence-corrected chi connectivity index (χ4v) is 3.99. The van der Waals surface area contributed by atoms with E-state index in [1.807, 2.05) is 48.5 Å². The average Bonchev–Trinajstić information content (AvgIpc) is 3.11. The van der Waals surface area contributed by atoms with Crippen molar-refractivity contribution in [2.45, 2.75) is 10.1 Å². The van der Waals surface area contributed by atoms with Crippen LogP contribution in [0.3, 0.4) is 0 Å². The molecule has 0 radical (unpaired) electrons. The zero-order valence-corrected chi connectivity index (χ0v) is 15.7. The van der Waals surface area contributed by atoms with Gasteiger partial charge < -0.3 is 5.32 Å². The van der Waals surface area contributed by atoms with Crippen molar-refractivity contribution in [3.05, 3.63) is 78.1 Å². The maximum atomic E-state index is 12.2. The van der Waals surface area contributed by atoms with E-state index in [0.717, 1.165) is 25.3 Å². The number of fused-ring (bicyclic) bond motifs is 1. The number of hydrogen-bond donors (Lipinski definition) is 1. The maximum Gasteiger partial charge on any atom is 0.248 e. The van der Waals surface area contributed by atoms with Gasteiger partial charge in [-0.05, 0) is 42.5 Å². The largest absolute Gasteiger partial charge is 0.322 e. The highest BCUT2D eigenvalue weighted by Gasteiger charge is 2.04. The zero-order valence-electron chi connectivity index (χ0n) is 14.1. The van der Waals surface area contributed by atoms with Crippen LogP contribution in [0.2, 0.25) is 0 Å². The Morgan fingerprint density at radius 3 is 2.70 bits per heavy atom. The van der Waals surface area contributed by atoms with Gasteiger partial charge in [-0.15, -0.1) is 11.3 Å². The van der Waals surface area contributed by atoms with Crippen molar-refractivity contribution in [3.63, 3.8) is 0 Å². The number of pyridine rings is 2. The first-order chi connectivity index (χ1) is 13.3. The third-order valence-electron chi connectivity index (χ3n) is 3.54. The Labute approximate surface area is 164 Å². The number of hydrogen-bond acceptors (Lipinski definition) is 6. The van der Waals surface area contributed by atoms with Gasteiger partial charge in [-0.1, -0.05) is 30.0 Å². The van der Waals surface area contributed by atoms with Crippen molar-refractivity contribution < 1.29 is 4.79 Å². The van der Waals surface area contributed by atoms with Gasteiger partial charge in [0, 0.05) is 24.2 Å². The lowest BCUT2D eigenvalue weighted by atomic mass is 10.3. The van der Waals surface area contributed by atoms with E-state index in [2.05, 4.69) is 20.3 Å². The number of carbonyl (C=O) groups excluding carboxylic acids is 1. The van der Waals surface area contributed by atoms with Gasteiger partial charge in [0.05, 0.1) is 10.2 Å². The molecule has 1 N–H and O–H groups in total. The number of aromatic nitrogens is 3. The summed E-state index contributed by atoms with van der Waals surface area (Å²) in [7, 11) is 0. The number of anilines is 1. The lowest BCUT2D eigenvalue weighted by Gasteiger charge is -2.04. The number of benzene rings is 1. The van der Waals surface area contributed by atoms with Crippen LogP contribution in [0.15, 0.2) is 83.1 Å². The second-order valence-corrected chi connectivity index (χ2v) is 7.60. The monoisotopic (exact) mass is 390 g/mol. The molecule has 5 nitrogen and oxygen atoms in total. The summed E-state index contributed by atoms with van der Waals surface area (Å²) in [6, 6.07) is 17.2. The molecule has 0 saturated heterocycles. The molecule has 0 fully saturated rings. The molecule has 0 spiro atoms. The molecule has 0 aliphatic carbocycles. The Balaban J connectivity index is 1.42. The van der Waals surface area contributed by atoms with E-state index in [1.54, 1.807) is 35.9 Å². The van der Waals surface area contributed by atoms with E-state index in [9.17, 15) is 4.79 Å². The first-order valence-electron chi connectivity index (χ1n) is 8.16. The number of rotatable bonds is 5. The van der Waals surface area contributed by atoms with Gasteiger partial charge in [0.1, 0.15) is 15.1 Å². The number of nitrogens with one attached hydrogen (secondary N) is 1. The Hall–Kier alpha value is -3.03. The molecule has 3 aromatic heterocycles. The molecule has 0 aliphatic rings. The number of amides is 1. The summed E-state index contributed by atoms with van der Waals surface area (Å²) < 4.78 is 1.10. The third kappa shape index (κ3) is 4.58. The fourth-order valence-electron chi connectivity index (χ4n) is 2.35. The van der Waals surface area contributed by atoms with Crippen molar-refractivity contribution in [3.8, 4) is 0 Å². The molecule has 4 aromatic rings. The summed E-state index contributed by atoms with van der Waals surface area (Å²) in [5.41, 5.74) is 1.62. The summed E-state index contributed by atoms with van der Waals surface area (Å²) in [6.45, 7) is 0. The number of para-hydroxylation sites is 1. The van der Waals surface area contributed by atoms with Crippen molar-refractivity contribution in [2.24, 2.45) is 0 Å². The summed E-state index contributed by atoms with van der Waals surface area (Å²) in [5.74, 6) is -0.214. The normalized spacial score (nSPS) is 11.1. The molecular weight excluding hydrogens is 376 g/mol. The van der Waals surface area contributed by atoms with E-state index in [4.69, 9.17) is 0 Å². The van der Waals surface area contributed by atoms with Gasteiger partial charge in [0.15, 0.2) is 0 Å². The van der Waals surface area contributed by atoms with E-state index in [1.165, 1.54) is 17.8 Å². The van der Waals surface area contributed by atoms with Crippen LogP contribution in [0.25, 0.3) is 16.3 Å². The molecule has 0 atom stereocenters. The quantitative estimate of drug-likeness (QED) is 0.492. The van der Waals surface area contributed by atoms with Crippen LogP contribution in [0, 0.1) is 0 Å². The van der Waals surface area contributed by atoms with Crippen molar-refractivity contribution in [1.29, 1.82) is 0 Å². The minimum Gasteiger partial charge on any atom is -0.322 e. The molecule has 0 unspecified atom stereocenters. The molecule has 132 valence electrons. The minimum atomic E-state index is -0.214. The Morgan fingerprint density at radius 2 is 1.85 bits per heavy atom. The van der Waals surface area contributed by atoms with Crippen LogP contribution >= 0.6 is 23.1 Å². The average molecular weight is 390 g/mol. The predicted octanol–water partition coefficient (Wildman–Crippen LogP) is 4.89. The molecule has 0 saturated carbocycles. The standard InChI is InChI=1S/C20H14N4OS2/c25-17(8-9-19-24-15-5-1-2-6-16(15)26-19)23-14-10-12-22-20(13-14)27-18-7-3-4-11-21-18/h1-13H,(H,22,23,25)/b9-8+. The highest BCUT2D eigenvalue weighted by Crippen LogP contribution is 2.25. The van der Waals surface area contributed by atoms with E-state index in [-0.39, 0.29) is 5.91 Å². The number of carbonyl (C=O) groups is 1. The SMILES string of the molecule is O=C(/C=C/c1nc2ccccc2s1)Nc1ccnc(Sc2ccccn2)c1. The minimum absolute atomic E-state index is 0.214. The molecule has 7 heteroatoms. The smallest absolute Gasteiger partial charge is 0.248 e. The Kier molecular flexibility index (Phi) is 5.22.